The minimum atomic E-state index is -1.07. The molecule has 10 nitrogen and oxygen atoms in total. The van der Waals surface area contributed by atoms with Crippen LogP contribution in [-0.4, -0.2) is 54.7 Å². The third kappa shape index (κ3) is 6.33. The van der Waals surface area contributed by atoms with E-state index in [2.05, 4.69) is 29.5 Å². The molecule has 0 saturated carbocycles. The first-order valence-corrected chi connectivity index (χ1v) is 13.1. The molecular weight excluding hydrogens is 510 g/mol. The molecule has 40 heavy (non-hydrogen) atoms. The molecule has 0 bridgehead atoms. The number of amides is 2. The maximum Gasteiger partial charge on any atom is 0.249 e. The third-order valence-corrected chi connectivity index (χ3v) is 6.57. The molecule has 210 valence electrons. The number of anilines is 1. The van der Waals surface area contributed by atoms with Gasteiger partial charge in [-0.1, -0.05) is 37.3 Å². The van der Waals surface area contributed by atoms with Crippen LogP contribution in [0, 0.1) is 5.92 Å². The molecule has 0 fully saturated rings. The van der Waals surface area contributed by atoms with E-state index in [1.54, 1.807) is 56.7 Å². The zero-order valence-electron chi connectivity index (χ0n) is 23.5. The summed E-state index contributed by atoms with van der Waals surface area (Å²) in [6.07, 6.45) is 0.788. The highest BCUT2D eigenvalue weighted by Crippen LogP contribution is 2.37. The van der Waals surface area contributed by atoms with E-state index >= 15 is 0 Å². The molecule has 1 heterocycles. The summed E-state index contributed by atoms with van der Waals surface area (Å²) in [6, 6.07) is 18.6. The number of carbonyl (C=O) groups excluding carboxylic acids is 2. The van der Waals surface area contributed by atoms with Crippen molar-refractivity contribution in [3.63, 3.8) is 0 Å². The van der Waals surface area contributed by atoms with Gasteiger partial charge < -0.3 is 19.5 Å². The number of carbonyl (C=O) groups is 2. The van der Waals surface area contributed by atoms with Crippen LogP contribution in [-0.2, 0) is 16.1 Å². The number of aromatic nitrogens is 3. The molecule has 0 aliphatic rings. The highest BCUT2D eigenvalue weighted by Gasteiger charge is 2.35. The van der Waals surface area contributed by atoms with Gasteiger partial charge in [0.2, 0.25) is 11.8 Å². The predicted molar refractivity (Wildman–Crippen MR) is 153 cm³/mol. The van der Waals surface area contributed by atoms with E-state index in [4.69, 9.17) is 14.2 Å². The summed E-state index contributed by atoms with van der Waals surface area (Å²) < 4.78 is 18.1. The Morgan fingerprint density at radius 3 is 2.40 bits per heavy atom. The number of nitrogens with zero attached hydrogens (tertiary/aromatic N) is 4. The van der Waals surface area contributed by atoms with Crippen molar-refractivity contribution in [1.82, 2.24) is 20.3 Å². The number of hydrogen-bond acceptors (Lipinski definition) is 7. The van der Waals surface area contributed by atoms with Crippen LogP contribution in [0.4, 0.5) is 5.69 Å². The molecule has 0 aliphatic heterocycles. The lowest BCUT2D eigenvalue weighted by Crippen LogP contribution is -2.45. The van der Waals surface area contributed by atoms with Crippen LogP contribution in [0.1, 0.15) is 31.9 Å². The van der Waals surface area contributed by atoms with Crippen molar-refractivity contribution < 1.29 is 23.8 Å². The van der Waals surface area contributed by atoms with Gasteiger partial charge in [0.1, 0.15) is 35.4 Å². The summed E-state index contributed by atoms with van der Waals surface area (Å²) in [5.41, 5.74) is 2.37. The Labute approximate surface area is 233 Å². The number of methoxy groups -OCH3 is 3. The van der Waals surface area contributed by atoms with Gasteiger partial charge in [0.05, 0.1) is 26.8 Å². The average molecular weight is 546 g/mol. The summed E-state index contributed by atoms with van der Waals surface area (Å²) in [5, 5.41) is 11.4. The minimum Gasteiger partial charge on any atom is -0.497 e. The van der Waals surface area contributed by atoms with Gasteiger partial charge in [-0.2, -0.15) is 0 Å². The van der Waals surface area contributed by atoms with Gasteiger partial charge in [0.15, 0.2) is 0 Å². The smallest absolute Gasteiger partial charge is 0.249 e. The first-order chi connectivity index (χ1) is 19.4. The topological polar surface area (TPSA) is 108 Å². The van der Waals surface area contributed by atoms with Crippen LogP contribution in [0.2, 0.25) is 0 Å². The fraction of sp³-hybridized carbons (Fsp3) is 0.333. The van der Waals surface area contributed by atoms with Crippen molar-refractivity contribution >= 4 is 28.5 Å². The summed E-state index contributed by atoms with van der Waals surface area (Å²) in [5.74, 6) is 1.20. The molecule has 0 saturated heterocycles. The summed E-state index contributed by atoms with van der Waals surface area (Å²) in [4.78, 5) is 29.7. The summed E-state index contributed by atoms with van der Waals surface area (Å²) >= 11 is 0. The Balaban J connectivity index is 1.84. The predicted octanol–water partition coefficient (Wildman–Crippen LogP) is 4.39. The first-order valence-electron chi connectivity index (χ1n) is 13.1. The van der Waals surface area contributed by atoms with E-state index in [1.165, 1.54) is 16.7 Å². The molecule has 4 rings (SSSR count). The summed E-state index contributed by atoms with van der Waals surface area (Å²) in [6.45, 7) is 4.49. The fourth-order valence-corrected chi connectivity index (χ4v) is 4.46. The maximum absolute atomic E-state index is 14.2. The van der Waals surface area contributed by atoms with Gasteiger partial charge in [0, 0.05) is 29.9 Å². The second-order valence-electron chi connectivity index (χ2n) is 9.68. The molecule has 0 radical (unpaired) electrons. The second kappa shape index (κ2) is 13.0. The Bertz CT molecular complexity index is 1470. The van der Waals surface area contributed by atoms with E-state index in [-0.39, 0.29) is 18.4 Å². The number of ether oxygens (including phenoxy) is 3. The van der Waals surface area contributed by atoms with E-state index in [0.29, 0.717) is 52.0 Å². The lowest BCUT2D eigenvalue weighted by atomic mass is 10.0. The summed E-state index contributed by atoms with van der Waals surface area (Å²) in [7, 11) is 4.62. The number of nitrogens with one attached hydrogen (secondary N) is 1. The Hall–Kier alpha value is -4.60. The van der Waals surface area contributed by atoms with Gasteiger partial charge in [-0.15, -0.1) is 5.10 Å². The molecule has 10 heteroatoms. The Morgan fingerprint density at radius 1 is 0.925 bits per heavy atom. The molecule has 1 atom stereocenters. The van der Waals surface area contributed by atoms with Gasteiger partial charge in [-0.25, -0.2) is 4.68 Å². The van der Waals surface area contributed by atoms with Crippen molar-refractivity contribution in [1.29, 1.82) is 0 Å². The lowest BCUT2D eigenvalue weighted by molar-refractivity contribution is -0.127. The Kier molecular flexibility index (Phi) is 9.21. The highest BCUT2D eigenvalue weighted by molar-refractivity contribution is 6.02. The molecule has 4 aromatic rings. The molecule has 3 aromatic carbocycles. The van der Waals surface area contributed by atoms with Crippen molar-refractivity contribution in [2.24, 2.45) is 5.92 Å². The molecule has 0 unspecified atom stereocenters. The van der Waals surface area contributed by atoms with Crippen molar-refractivity contribution in [3.8, 4) is 17.2 Å². The SMILES string of the molecule is COc1cccc(N(C(=O)Cn2nnc3ccccc32)[C@H](C(=O)NCCC(C)C)c2ccc(OC)cc2OC)c1. The molecule has 1 N–H and O–H groups in total. The van der Waals surface area contributed by atoms with Gasteiger partial charge >= 0.3 is 0 Å². The normalized spacial score (nSPS) is 11.8. The van der Waals surface area contributed by atoms with E-state index in [1.807, 2.05) is 24.3 Å². The molecular formula is C30H35N5O5. The monoisotopic (exact) mass is 545 g/mol. The van der Waals surface area contributed by atoms with Crippen molar-refractivity contribution in [2.45, 2.75) is 32.9 Å². The maximum atomic E-state index is 14.2. The van der Waals surface area contributed by atoms with Crippen LogP contribution < -0.4 is 24.4 Å². The zero-order valence-corrected chi connectivity index (χ0v) is 23.5. The number of rotatable bonds is 12. The quantitative estimate of drug-likeness (QED) is 0.281. The van der Waals surface area contributed by atoms with Crippen LogP contribution in [0.3, 0.4) is 0 Å². The fourth-order valence-electron chi connectivity index (χ4n) is 4.46. The van der Waals surface area contributed by atoms with Crippen LogP contribution in [0.25, 0.3) is 11.0 Å². The first kappa shape index (κ1) is 28.4. The van der Waals surface area contributed by atoms with Crippen molar-refractivity contribution in [3.05, 3.63) is 72.3 Å². The average Bonchev–Trinajstić information content (AvgIpc) is 3.37. The van der Waals surface area contributed by atoms with E-state index < -0.39 is 6.04 Å². The molecule has 2 amide bonds. The van der Waals surface area contributed by atoms with Gasteiger partial charge in [-0.3, -0.25) is 14.5 Å². The number of hydrogen-bond donors (Lipinski definition) is 1. The Morgan fingerprint density at radius 2 is 1.68 bits per heavy atom. The van der Waals surface area contributed by atoms with Crippen LogP contribution >= 0.6 is 0 Å². The van der Waals surface area contributed by atoms with Crippen molar-refractivity contribution in [2.75, 3.05) is 32.8 Å². The molecule has 0 aliphatic carbocycles. The standard InChI is InChI=1S/C30H35N5O5/c1-20(2)15-16-31-30(37)29(24-14-13-23(39-4)18-27(24)40-5)35(21-9-8-10-22(17-21)38-3)28(36)19-34-26-12-7-6-11-25(26)32-33-34/h6-14,17-18,20,29H,15-16,19H2,1-5H3,(H,31,37)/t29-/m0/s1. The van der Waals surface area contributed by atoms with E-state index in [9.17, 15) is 9.59 Å². The van der Waals surface area contributed by atoms with Crippen LogP contribution in [0.5, 0.6) is 17.2 Å². The van der Waals surface area contributed by atoms with Gasteiger partial charge in [0.25, 0.3) is 0 Å². The van der Waals surface area contributed by atoms with E-state index in [0.717, 1.165) is 6.42 Å². The van der Waals surface area contributed by atoms with Gasteiger partial charge in [-0.05, 0) is 48.7 Å². The largest absolute Gasteiger partial charge is 0.497 e. The van der Waals surface area contributed by atoms with Crippen LogP contribution in [0.15, 0.2) is 66.7 Å². The minimum absolute atomic E-state index is 0.147. The third-order valence-electron chi connectivity index (χ3n) is 6.57. The lowest BCUT2D eigenvalue weighted by Gasteiger charge is -2.32. The highest BCUT2D eigenvalue weighted by atomic mass is 16.5. The molecule has 0 spiro atoms. The number of fused-ring (bicyclic) bond motifs is 1. The molecule has 1 aromatic heterocycles. The number of para-hydroxylation sites is 1. The number of benzene rings is 3. The second-order valence-corrected chi connectivity index (χ2v) is 9.68. The zero-order chi connectivity index (χ0) is 28.6.